The van der Waals surface area contributed by atoms with Crippen molar-refractivity contribution in [2.75, 3.05) is 7.11 Å². The molecule has 0 aliphatic carbocycles. The highest BCUT2D eigenvalue weighted by molar-refractivity contribution is 6.72. The summed E-state index contributed by atoms with van der Waals surface area (Å²) in [5.41, 5.74) is 0.800. The molecular formula is C10H24OSi. The van der Waals surface area contributed by atoms with E-state index in [4.69, 9.17) is 4.43 Å². The molecule has 0 heterocycles. The van der Waals surface area contributed by atoms with Crippen molar-refractivity contribution >= 4 is 8.32 Å². The Bertz CT molecular complexity index is 112. The van der Waals surface area contributed by atoms with Crippen molar-refractivity contribution in [2.45, 2.75) is 58.2 Å². The van der Waals surface area contributed by atoms with E-state index < -0.39 is 8.32 Å². The van der Waals surface area contributed by atoms with E-state index in [0.29, 0.717) is 0 Å². The second-order valence-corrected chi connectivity index (χ2v) is 8.81. The molecule has 0 N–H and O–H groups in total. The Balaban J connectivity index is 3.63. The summed E-state index contributed by atoms with van der Waals surface area (Å²) in [6.07, 6.45) is 5.42. The van der Waals surface area contributed by atoms with Crippen LogP contribution in [0, 0.1) is 0 Å². The van der Waals surface area contributed by atoms with Gasteiger partial charge in [0.25, 0.3) is 0 Å². The molecule has 1 unspecified atom stereocenters. The van der Waals surface area contributed by atoms with Crippen molar-refractivity contribution in [3.8, 4) is 0 Å². The van der Waals surface area contributed by atoms with Crippen molar-refractivity contribution in [1.29, 1.82) is 0 Å². The first-order valence-corrected chi connectivity index (χ1v) is 8.08. The van der Waals surface area contributed by atoms with Gasteiger partial charge in [0.05, 0.1) is 0 Å². The Hall–Kier alpha value is 0.177. The molecular weight excluding hydrogens is 164 g/mol. The van der Waals surface area contributed by atoms with Crippen molar-refractivity contribution < 1.29 is 4.43 Å². The summed E-state index contributed by atoms with van der Waals surface area (Å²) >= 11 is 0. The van der Waals surface area contributed by atoms with Crippen LogP contribution in [0.25, 0.3) is 0 Å². The minimum atomic E-state index is -1.33. The number of hydrogen-bond donors (Lipinski definition) is 0. The SMILES string of the molecule is CCCCCC(C)[Si](C)(C)OC. The van der Waals surface area contributed by atoms with Crippen LogP contribution in [0.1, 0.15) is 39.5 Å². The van der Waals surface area contributed by atoms with E-state index in [0.717, 1.165) is 5.54 Å². The van der Waals surface area contributed by atoms with Crippen LogP contribution in [0.5, 0.6) is 0 Å². The van der Waals surface area contributed by atoms with Gasteiger partial charge in [0, 0.05) is 7.11 Å². The molecule has 0 radical (unpaired) electrons. The van der Waals surface area contributed by atoms with Gasteiger partial charge in [-0.15, -0.1) is 0 Å². The van der Waals surface area contributed by atoms with Crippen LogP contribution in [0.4, 0.5) is 0 Å². The fourth-order valence-corrected chi connectivity index (χ4v) is 2.55. The van der Waals surface area contributed by atoms with Gasteiger partial charge in [0.2, 0.25) is 0 Å². The van der Waals surface area contributed by atoms with E-state index in [-0.39, 0.29) is 0 Å². The number of rotatable bonds is 6. The summed E-state index contributed by atoms with van der Waals surface area (Å²) in [5, 5.41) is 0. The molecule has 0 bridgehead atoms. The monoisotopic (exact) mass is 188 g/mol. The fourth-order valence-electron chi connectivity index (χ4n) is 1.25. The lowest BCUT2D eigenvalue weighted by atomic mass is 10.2. The highest BCUT2D eigenvalue weighted by atomic mass is 28.4. The average Bonchev–Trinajstić information content (AvgIpc) is 2.05. The molecule has 0 aliphatic heterocycles. The summed E-state index contributed by atoms with van der Waals surface area (Å²) in [7, 11) is 0.533. The summed E-state index contributed by atoms with van der Waals surface area (Å²) in [6.45, 7) is 9.21. The predicted octanol–water partition coefficient (Wildman–Crippen LogP) is 3.81. The lowest BCUT2D eigenvalue weighted by Gasteiger charge is -2.27. The van der Waals surface area contributed by atoms with Crippen LogP contribution in [0.3, 0.4) is 0 Å². The van der Waals surface area contributed by atoms with Gasteiger partial charge in [-0.25, -0.2) is 0 Å². The van der Waals surface area contributed by atoms with Crippen molar-refractivity contribution in [3.63, 3.8) is 0 Å². The quantitative estimate of drug-likeness (QED) is 0.455. The summed E-state index contributed by atoms with van der Waals surface area (Å²) in [5.74, 6) is 0. The van der Waals surface area contributed by atoms with Crippen LogP contribution in [0.15, 0.2) is 0 Å². The molecule has 0 rings (SSSR count). The molecule has 0 aromatic carbocycles. The molecule has 0 aromatic rings. The Morgan fingerprint density at radius 3 is 2.25 bits per heavy atom. The zero-order valence-electron chi connectivity index (χ0n) is 9.31. The second kappa shape index (κ2) is 5.76. The normalized spacial score (nSPS) is 14.8. The fraction of sp³-hybridized carbons (Fsp3) is 1.00. The first kappa shape index (κ1) is 12.2. The third-order valence-corrected chi connectivity index (χ3v) is 6.67. The van der Waals surface area contributed by atoms with E-state index >= 15 is 0 Å². The molecule has 0 spiro atoms. The molecule has 0 saturated heterocycles. The van der Waals surface area contributed by atoms with Gasteiger partial charge < -0.3 is 4.43 Å². The average molecular weight is 188 g/mol. The van der Waals surface area contributed by atoms with Crippen LogP contribution < -0.4 is 0 Å². The second-order valence-electron chi connectivity index (χ2n) is 4.20. The Morgan fingerprint density at radius 1 is 1.25 bits per heavy atom. The van der Waals surface area contributed by atoms with Crippen LogP contribution in [-0.2, 0) is 4.43 Å². The largest absolute Gasteiger partial charge is 0.420 e. The van der Waals surface area contributed by atoms with Gasteiger partial charge >= 0.3 is 0 Å². The highest BCUT2D eigenvalue weighted by Gasteiger charge is 2.27. The third kappa shape index (κ3) is 4.26. The first-order chi connectivity index (χ1) is 5.54. The smallest absolute Gasteiger partial charge is 0.188 e. The van der Waals surface area contributed by atoms with Gasteiger partial charge in [-0.05, 0) is 18.6 Å². The van der Waals surface area contributed by atoms with E-state index in [1.165, 1.54) is 25.7 Å². The molecule has 2 heteroatoms. The maximum atomic E-state index is 5.57. The molecule has 0 aromatic heterocycles. The van der Waals surface area contributed by atoms with Gasteiger partial charge in [0.15, 0.2) is 8.32 Å². The standard InChI is InChI=1S/C10H24OSi/c1-6-7-8-9-10(2)12(4,5)11-3/h10H,6-9H2,1-5H3. The summed E-state index contributed by atoms with van der Waals surface area (Å²) in [4.78, 5) is 0. The van der Waals surface area contributed by atoms with Crippen molar-refractivity contribution in [3.05, 3.63) is 0 Å². The highest BCUT2D eigenvalue weighted by Crippen LogP contribution is 2.27. The predicted molar refractivity (Wildman–Crippen MR) is 58.1 cm³/mol. The topological polar surface area (TPSA) is 9.23 Å². The van der Waals surface area contributed by atoms with E-state index in [1.54, 1.807) is 0 Å². The minimum Gasteiger partial charge on any atom is -0.420 e. The zero-order chi connectivity index (χ0) is 9.61. The van der Waals surface area contributed by atoms with E-state index in [1.807, 2.05) is 7.11 Å². The van der Waals surface area contributed by atoms with Gasteiger partial charge in [0.1, 0.15) is 0 Å². The lowest BCUT2D eigenvalue weighted by Crippen LogP contribution is -2.33. The minimum absolute atomic E-state index is 0.800. The van der Waals surface area contributed by atoms with Crippen LogP contribution >= 0.6 is 0 Å². The molecule has 0 saturated carbocycles. The maximum absolute atomic E-state index is 5.57. The number of unbranched alkanes of at least 4 members (excludes halogenated alkanes) is 2. The van der Waals surface area contributed by atoms with Gasteiger partial charge in [-0.3, -0.25) is 0 Å². The van der Waals surface area contributed by atoms with Gasteiger partial charge in [-0.1, -0.05) is 39.5 Å². The zero-order valence-corrected chi connectivity index (χ0v) is 10.3. The van der Waals surface area contributed by atoms with Crippen molar-refractivity contribution in [2.24, 2.45) is 0 Å². The molecule has 1 nitrogen and oxygen atoms in total. The Kier molecular flexibility index (Phi) is 5.84. The molecule has 0 amide bonds. The molecule has 12 heavy (non-hydrogen) atoms. The van der Waals surface area contributed by atoms with E-state index in [2.05, 4.69) is 26.9 Å². The third-order valence-electron chi connectivity index (χ3n) is 2.95. The molecule has 0 fully saturated rings. The first-order valence-electron chi connectivity index (χ1n) is 5.09. The van der Waals surface area contributed by atoms with Gasteiger partial charge in [-0.2, -0.15) is 0 Å². The Labute approximate surface area is 78.6 Å². The van der Waals surface area contributed by atoms with Crippen LogP contribution in [0.2, 0.25) is 18.6 Å². The maximum Gasteiger partial charge on any atom is 0.188 e. The van der Waals surface area contributed by atoms with Crippen molar-refractivity contribution in [1.82, 2.24) is 0 Å². The summed E-state index contributed by atoms with van der Waals surface area (Å²) < 4.78 is 5.57. The summed E-state index contributed by atoms with van der Waals surface area (Å²) in [6, 6.07) is 0. The lowest BCUT2D eigenvalue weighted by molar-refractivity contribution is 0.387. The van der Waals surface area contributed by atoms with E-state index in [9.17, 15) is 0 Å². The Morgan fingerprint density at radius 2 is 1.83 bits per heavy atom. The van der Waals surface area contributed by atoms with Crippen LogP contribution in [-0.4, -0.2) is 15.4 Å². The number of hydrogen-bond acceptors (Lipinski definition) is 1. The molecule has 1 atom stereocenters. The molecule has 0 aliphatic rings. The molecule has 74 valence electrons.